The number of nitrogens with one attached hydrogen (secondary N) is 1. The van der Waals surface area contributed by atoms with Crippen LogP contribution in [0.15, 0.2) is 29.2 Å². The number of hydrogen-bond donors (Lipinski definition) is 2. The molecular weight excluding hydrogens is 280 g/mol. The third-order valence-corrected chi connectivity index (χ3v) is 5.61. The van der Waals surface area contributed by atoms with Crippen molar-refractivity contribution in [3.63, 3.8) is 0 Å². The van der Waals surface area contributed by atoms with Gasteiger partial charge in [0.25, 0.3) is 0 Å². The number of benzene rings is 1. The molecule has 19 heavy (non-hydrogen) atoms. The van der Waals surface area contributed by atoms with Crippen molar-refractivity contribution in [2.24, 2.45) is 5.92 Å². The Morgan fingerprint density at radius 1 is 1.21 bits per heavy atom. The standard InChI is InChI=1S/C13H22N2O2S2/c1-10(2)11(3)15-19(16,17)9-8-18-13-6-4-12(14)5-7-13/h4-7,10-11,15H,8-9,14H2,1-3H3. The molecule has 4 nitrogen and oxygen atoms in total. The Balaban J connectivity index is 2.41. The minimum absolute atomic E-state index is 0.0356. The lowest BCUT2D eigenvalue weighted by molar-refractivity contribution is 0.477. The van der Waals surface area contributed by atoms with E-state index in [0.29, 0.717) is 17.4 Å². The van der Waals surface area contributed by atoms with Gasteiger partial charge in [0.2, 0.25) is 10.0 Å². The van der Waals surface area contributed by atoms with E-state index in [1.54, 1.807) is 0 Å². The van der Waals surface area contributed by atoms with Crippen LogP contribution in [0.2, 0.25) is 0 Å². The van der Waals surface area contributed by atoms with Crippen LogP contribution in [-0.4, -0.2) is 26.0 Å². The van der Waals surface area contributed by atoms with Gasteiger partial charge in [0.1, 0.15) is 0 Å². The Labute approximate surface area is 120 Å². The fourth-order valence-electron chi connectivity index (χ4n) is 1.31. The number of anilines is 1. The smallest absolute Gasteiger partial charge is 0.212 e. The van der Waals surface area contributed by atoms with Crippen molar-refractivity contribution in [1.82, 2.24) is 4.72 Å². The summed E-state index contributed by atoms with van der Waals surface area (Å²) in [7, 11) is -3.20. The number of sulfonamides is 1. The minimum Gasteiger partial charge on any atom is -0.399 e. The number of thioether (sulfide) groups is 1. The van der Waals surface area contributed by atoms with E-state index in [9.17, 15) is 8.42 Å². The minimum atomic E-state index is -3.20. The zero-order valence-electron chi connectivity index (χ0n) is 11.6. The number of nitrogens with two attached hydrogens (primary N) is 1. The lowest BCUT2D eigenvalue weighted by atomic mass is 10.1. The van der Waals surface area contributed by atoms with Gasteiger partial charge in [-0.3, -0.25) is 0 Å². The number of rotatable bonds is 7. The Kier molecular flexibility index (Phi) is 6.16. The van der Waals surface area contributed by atoms with Crippen LogP contribution < -0.4 is 10.5 Å². The third-order valence-electron chi connectivity index (χ3n) is 2.87. The zero-order valence-corrected chi connectivity index (χ0v) is 13.2. The fourth-order valence-corrected chi connectivity index (χ4v) is 4.04. The van der Waals surface area contributed by atoms with Gasteiger partial charge in [-0.05, 0) is 37.1 Å². The van der Waals surface area contributed by atoms with Crippen molar-refractivity contribution in [1.29, 1.82) is 0 Å². The van der Waals surface area contributed by atoms with Gasteiger partial charge in [0, 0.05) is 22.4 Å². The lowest BCUT2D eigenvalue weighted by Crippen LogP contribution is -2.38. The normalized spacial score (nSPS) is 13.7. The van der Waals surface area contributed by atoms with Gasteiger partial charge in [0.15, 0.2) is 0 Å². The molecule has 0 aliphatic rings. The van der Waals surface area contributed by atoms with Crippen LogP contribution in [0.3, 0.4) is 0 Å². The van der Waals surface area contributed by atoms with E-state index < -0.39 is 10.0 Å². The molecule has 0 amide bonds. The first-order chi connectivity index (χ1) is 8.80. The molecule has 108 valence electrons. The summed E-state index contributed by atoms with van der Waals surface area (Å²) in [6.07, 6.45) is 0. The van der Waals surface area contributed by atoms with Gasteiger partial charge in [-0.25, -0.2) is 13.1 Å². The maximum atomic E-state index is 11.8. The molecule has 0 aliphatic carbocycles. The molecule has 6 heteroatoms. The highest BCUT2D eigenvalue weighted by molar-refractivity contribution is 8.00. The van der Waals surface area contributed by atoms with E-state index in [1.807, 2.05) is 45.0 Å². The topological polar surface area (TPSA) is 72.2 Å². The molecule has 0 saturated heterocycles. The highest BCUT2D eigenvalue weighted by Gasteiger charge is 2.16. The summed E-state index contributed by atoms with van der Waals surface area (Å²) in [4.78, 5) is 1.03. The summed E-state index contributed by atoms with van der Waals surface area (Å²) in [5.41, 5.74) is 6.30. The summed E-state index contributed by atoms with van der Waals surface area (Å²) < 4.78 is 26.4. The average molecular weight is 302 g/mol. The highest BCUT2D eigenvalue weighted by Crippen LogP contribution is 2.19. The van der Waals surface area contributed by atoms with Gasteiger partial charge in [0.05, 0.1) is 5.75 Å². The zero-order chi connectivity index (χ0) is 14.5. The van der Waals surface area contributed by atoms with Gasteiger partial charge in [-0.2, -0.15) is 0 Å². The predicted octanol–water partition coefficient (Wildman–Crippen LogP) is 2.32. The Morgan fingerprint density at radius 3 is 2.32 bits per heavy atom. The first-order valence-corrected chi connectivity index (χ1v) is 8.92. The molecule has 3 N–H and O–H groups in total. The van der Waals surface area contributed by atoms with Crippen LogP contribution in [0.5, 0.6) is 0 Å². The maximum Gasteiger partial charge on any atom is 0.212 e. The third kappa shape index (κ3) is 6.31. The molecule has 0 spiro atoms. The van der Waals surface area contributed by atoms with Crippen molar-refractivity contribution in [2.75, 3.05) is 17.2 Å². The fraction of sp³-hybridized carbons (Fsp3) is 0.538. The van der Waals surface area contributed by atoms with Crippen molar-refractivity contribution in [2.45, 2.75) is 31.7 Å². The Morgan fingerprint density at radius 2 is 1.79 bits per heavy atom. The molecular formula is C13H22N2O2S2. The van der Waals surface area contributed by atoms with Crippen LogP contribution >= 0.6 is 11.8 Å². The molecule has 1 aromatic rings. The number of hydrogen-bond acceptors (Lipinski definition) is 4. The van der Waals surface area contributed by atoms with E-state index in [2.05, 4.69) is 4.72 Å². The summed E-state index contributed by atoms with van der Waals surface area (Å²) in [6, 6.07) is 7.39. The maximum absolute atomic E-state index is 11.8. The summed E-state index contributed by atoms with van der Waals surface area (Å²) in [5, 5.41) is 0. The molecule has 0 fully saturated rings. The molecule has 0 aliphatic heterocycles. The van der Waals surface area contributed by atoms with Crippen molar-refractivity contribution in [3.8, 4) is 0 Å². The van der Waals surface area contributed by atoms with Crippen LogP contribution in [0, 0.1) is 5.92 Å². The lowest BCUT2D eigenvalue weighted by Gasteiger charge is -2.17. The molecule has 0 heterocycles. The molecule has 1 rings (SSSR count). The molecule has 1 aromatic carbocycles. The van der Waals surface area contributed by atoms with Gasteiger partial charge in [-0.15, -0.1) is 11.8 Å². The second-order valence-corrected chi connectivity index (χ2v) is 7.93. The summed E-state index contributed by atoms with van der Waals surface area (Å²) in [5.74, 6) is 0.947. The van der Waals surface area contributed by atoms with E-state index in [-0.39, 0.29) is 11.8 Å². The molecule has 0 radical (unpaired) electrons. The van der Waals surface area contributed by atoms with E-state index in [1.165, 1.54) is 11.8 Å². The quantitative estimate of drug-likeness (QED) is 0.599. The molecule has 0 bridgehead atoms. The summed E-state index contributed by atoms with van der Waals surface area (Å²) in [6.45, 7) is 5.88. The average Bonchev–Trinajstić information content (AvgIpc) is 2.30. The van der Waals surface area contributed by atoms with Gasteiger partial charge < -0.3 is 5.73 Å². The molecule has 1 unspecified atom stereocenters. The van der Waals surface area contributed by atoms with Crippen LogP contribution in [0.25, 0.3) is 0 Å². The van der Waals surface area contributed by atoms with Crippen LogP contribution in [0.1, 0.15) is 20.8 Å². The Hall–Kier alpha value is -0.720. The first kappa shape index (κ1) is 16.3. The van der Waals surface area contributed by atoms with Crippen LogP contribution in [0.4, 0.5) is 5.69 Å². The van der Waals surface area contributed by atoms with Gasteiger partial charge in [-0.1, -0.05) is 13.8 Å². The molecule has 1 atom stereocenters. The number of nitrogen functional groups attached to an aromatic ring is 1. The van der Waals surface area contributed by atoms with Crippen molar-refractivity contribution >= 4 is 27.5 Å². The first-order valence-electron chi connectivity index (χ1n) is 6.28. The van der Waals surface area contributed by atoms with Crippen molar-refractivity contribution < 1.29 is 8.42 Å². The molecule has 0 aromatic heterocycles. The second kappa shape index (κ2) is 7.17. The van der Waals surface area contributed by atoms with Crippen molar-refractivity contribution in [3.05, 3.63) is 24.3 Å². The monoisotopic (exact) mass is 302 g/mol. The van der Waals surface area contributed by atoms with E-state index in [0.717, 1.165) is 4.90 Å². The Bertz CT molecular complexity index is 484. The summed E-state index contributed by atoms with van der Waals surface area (Å²) >= 11 is 1.52. The SMILES string of the molecule is CC(C)C(C)NS(=O)(=O)CCSc1ccc(N)cc1. The van der Waals surface area contributed by atoms with E-state index >= 15 is 0 Å². The largest absolute Gasteiger partial charge is 0.399 e. The van der Waals surface area contributed by atoms with Gasteiger partial charge >= 0.3 is 0 Å². The second-order valence-electron chi connectivity index (χ2n) is 4.89. The van der Waals surface area contributed by atoms with Crippen LogP contribution in [-0.2, 0) is 10.0 Å². The predicted molar refractivity (Wildman–Crippen MR) is 82.8 cm³/mol. The van der Waals surface area contributed by atoms with E-state index in [4.69, 9.17) is 5.73 Å². The molecule has 0 saturated carbocycles. The highest BCUT2D eigenvalue weighted by atomic mass is 32.2.